The van der Waals surface area contributed by atoms with Crippen molar-refractivity contribution < 1.29 is 27.8 Å². The zero-order chi connectivity index (χ0) is 23.0. The van der Waals surface area contributed by atoms with Crippen LogP contribution in [-0.4, -0.2) is 57.2 Å². The highest BCUT2D eigenvalue weighted by Crippen LogP contribution is 2.35. The van der Waals surface area contributed by atoms with Gasteiger partial charge in [-0.15, -0.1) is 0 Å². The lowest BCUT2D eigenvalue weighted by Gasteiger charge is -2.30. The van der Waals surface area contributed by atoms with Gasteiger partial charge in [-0.1, -0.05) is 0 Å². The summed E-state index contributed by atoms with van der Waals surface area (Å²) in [4.78, 5) is 24.6. The van der Waals surface area contributed by atoms with Gasteiger partial charge in [0.25, 0.3) is 0 Å². The molecule has 4 rings (SSSR count). The molecule has 12 heteroatoms. The van der Waals surface area contributed by atoms with Crippen molar-refractivity contribution in [1.82, 2.24) is 19.8 Å². The number of morpholine rings is 1. The Bertz CT molecular complexity index is 1030. The monoisotopic (exact) mass is 471 g/mol. The van der Waals surface area contributed by atoms with Gasteiger partial charge in [0.05, 0.1) is 43.6 Å². The molecule has 0 saturated carbocycles. The van der Waals surface area contributed by atoms with E-state index in [9.17, 15) is 23.1 Å². The fourth-order valence-electron chi connectivity index (χ4n) is 3.77. The van der Waals surface area contributed by atoms with E-state index in [1.54, 1.807) is 16.7 Å². The number of carbonyl (C=O) groups is 1. The van der Waals surface area contributed by atoms with Gasteiger partial charge in [0.2, 0.25) is 5.28 Å². The van der Waals surface area contributed by atoms with Crippen LogP contribution in [0, 0.1) is 0 Å². The topological polar surface area (TPSA) is 90.8 Å². The number of alkyl halides is 3. The van der Waals surface area contributed by atoms with Crippen LogP contribution in [0.4, 0.5) is 23.8 Å². The molecule has 0 bridgehead atoms. The van der Waals surface area contributed by atoms with E-state index in [2.05, 4.69) is 15.3 Å². The minimum atomic E-state index is -4.59. The Kier molecular flexibility index (Phi) is 6.04. The fourth-order valence-corrected chi connectivity index (χ4v) is 3.96. The van der Waals surface area contributed by atoms with Gasteiger partial charge in [-0.3, -0.25) is 0 Å². The molecule has 32 heavy (non-hydrogen) atoms. The molecule has 1 unspecified atom stereocenters. The number of benzene rings is 1. The molecular formula is C20H21ClF3N5O3. The van der Waals surface area contributed by atoms with Gasteiger partial charge in [0.15, 0.2) is 0 Å². The normalized spacial score (nSPS) is 17.3. The zero-order valence-electron chi connectivity index (χ0n) is 17.1. The lowest BCUT2D eigenvalue weighted by Crippen LogP contribution is -2.46. The molecule has 1 fully saturated rings. The predicted octanol–water partition coefficient (Wildman–Crippen LogP) is 3.80. The van der Waals surface area contributed by atoms with Crippen LogP contribution in [0.15, 0.2) is 18.2 Å². The number of aromatic nitrogens is 2. The predicted molar refractivity (Wildman–Crippen MR) is 109 cm³/mol. The standard InChI is InChI=1S/C20H21ClF3N5O3/c1-11(12-6-13(20(22,23)24)8-14(30)7-12)25-17-15-9-29(10-16(15)26-18(21)27-17)19(31)28-2-4-32-5-3-28/h6-8,11,30H,2-5,9-10H2,1H3,(H,25,26,27). The number of rotatable bonds is 3. The molecule has 2 amide bonds. The number of nitrogens with one attached hydrogen (secondary N) is 1. The summed E-state index contributed by atoms with van der Waals surface area (Å²) in [5.74, 6) is -0.154. The third kappa shape index (κ3) is 4.68. The van der Waals surface area contributed by atoms with Crippen LogP contribution in [-0.2, 0) is 24.0 Å². The summed E-state index contributed by atoms with van der Waals surface area (Å²) < 4.78 is 44.7. The molecule has 2 N–H and O–H groups in total. The highest BCUT2D eigenvalue weighted by Gasteiger charge is 2.33. The number of ether oxygens (including phenoxy) is 1. The van der Waals surface area contributed by atoms with Gasteiger partial charge in [-0.25, -0.2) is 14.8 Å². The number of urea groups is 1. The number of anilines is 1. The molecule has 0 aliphatic carbocycles. The smallest absolute Gasteiger partial charge is 0.416 e. The number of amides is 2. The van der Waals surface area contributed by atoms with Crippen molar-refractivity contribution in [2.75, 3.05) is 31.6 Å². The second-order valence-electron chi connectivity index (χ2n) is 7.68. The Labute approximate surface area is 187 Å². The summed E-state index contributed by atoms with van der Waals surface area (Å²) >= 11 is 6.06. The molecule has 1 saturated heterocycles. The number of aromatic hydroxyl groups is 1. The maximum absolute atomic E-state index is 13.1. The van der Waals surface area contributed by atoms with E-state index in [0.717, 1.165) is 6.07 Å². The van der Waals surface area contributed by atoms with E-state index in [4.69, 9.17) is 16.3 Å². The minimum absolute atomic E-state index is 0.0361. The molecule has 2 aliphatic rings. The molecule has 3 heterocycles. The SMILES string of the molecule is CC(Nc1nc(Cl)nc2c1CN(C(=O)N1CCOCC1)C2)c1cc(O)cc(C(F)(F)F)c1. The van der Waals surface area contributed by atoms with Crippen LogP contribution in [0.2, 0.25) is 5.28 Å². The molecular weight excluding hydrogens is 451 g/mol. The number of carbonyl (C=O) groups excluding carboxylic acids is 1. The maximum Gasteiger partial charge on any atom is 0.416 e. The minimum Gasteiger partial charge on any atom is -0.508 e. The third-order valence-electron chi connectivity index (χ3n) is 5.43. The molecule has 172 valence electrons. The van der Waals surface area contributed by atoms with Crippen molar-refractivity contribution in [3.63, 3.8) is 0 Å². The van der Waals surface area contributed by atoms with E-state index in [1.807, 2.05) is 0 Å². The Balaban J connectivity index is 1.56. The molecule has 2 aliphatic heterocycles. The van der Waals surface area contributed by atoms with Crippen molar-refractivity contribution in [1.29, 1.82) is 0 Å². The Hall–Kier alpha value is -2.79. The van der Waals surface area contributed by atoms with Crippen LogP contribution < -0.4 is 5.32 Å². The molecule has 1 aromatic carbocycles. The first-order chi connectivity index (χ1) is 15.1. The number of nitrogens with zero attached hydrogens (tertiary/aromatic N) is 4. The Morgan fingerprint density at radius 1 is 1.19 bits per heavy atom. The Morgan fingerprint density at radius 2 is 1.91 bits per heavy atom. The van der Waals surface area contributed by atoms with E-state index >= 15 is 0 Å². The highest BCUT2D eigenvalue weighted by molar-refractivity contribution is 6.28. The van der Waals surface area contributed by atoms with Crippen LogP contribution in [0.1, 0.15) is 35.3 Å². The highest BCUT2D eigenvalue weighted by atomic mass is 35.5. The Morgan fingerprint density at radius 3 is 2.59 bits per heavy atom. The molecule has 8 nitrogen and oxygen atoms in total. The molecule has 2 aromatic rings. The third-order valence-corrected chi connectivity index (χ3v) is 5.60. The number of hydrogen-bond acceptors (Lipinski definition) is 6. The molecule has 1 atom stereocenters. The van der Waals surface area contributed by atoms with Gasteiger partial charge >= 0.3 is 12.2 Å². The zero-order valence-corrected chi connectivity index (χ0v) is 17.9. The number of fused-ring (bicyclic) bond motifs is 1. The van der Waals surface area contributed by atoms with Crippen molar-refractivity contribution in [2.24, 2.45) is 0 Å². The molecule has 0 radical (unpaired) electrons. The van der Waals surface area contributed by atoms with Gasteiger partial charge in [-0.2, -0.15) is 13.2 Å². The average Bonchev–Trinajstić information content (AvgIpc) is 3.17. The number of halogens is 4. The number of phenols is 1. The summed E-state index contributed by atoms with van der Waals surface area (Å²) in [6, 6.07) is 2.11. The molecule has 0 spiro atoms. The fraction of sp³-hybridized carbons (Fsp3) is 0.450. The van der Waals surface area contributed by atoms with E-state index in [1.165, 1.54) is 6.07 Å². The van der Waals surface area contributed by atoms with E-state index < -0.39 is 23.5 Å². The van der Waals surface area contributed by atoms with E-state index in [0.29, 0.717) is 49.4 Å². The average molecular weight is 472 g/mol. The summed E-state index contributed by atoms with van der Waals surface area (Å²) in [5, 5.41) is 12.8. The maximum atomic E-state index is 13.1. The second kappa shape index (κ2) is 8.62. The largest absolute Gasteiger partial charge is 0.508 e. The summed E-state index contributed by atoms with van der Waals surface area (Å²) in [6.07, 6.45) is -4.59. The van der Waals surface area contributed by atoms with Crippen LogP contribution in [0.25, 0.3) is 0 Å². The van der Waals surface area contributed by atoms with Gasteiger partial charge in [-0.05, 0) is 42.3 Å². The van der Waals surface area contributed by atoms with E-state index in [-0.39, 0.29) is 30.0 Å². The summed E-state index contributed by atoms with van der Waals surface area (Å²) in [6.45, 7) is 4.09. The van der Waals surface area contributed by atoms with Crippen LogP contribution >= 0.6 is 11.6 Å². The number of phenolic OH excluding ortho intramolecular Hbond substituents is 1. The first kappa shape index (κ1) is 22.4. The van der Waals surface area contributed by atoms with Crippen molar-refractivity contribution in [3.05, 3.63) is 45.9 Å². The first-order valence-corrected chi connectivity index (χ1v) is 10.3. The van der Waals surface area contributed by atoms with Crippen LogP contribution in [0.3, 0.4) is 0 Å². The summed E-state index contributed by atoms with van der Waals surface area (Å²) in [5.41, 5.74) is 0.502. The lowest BCUT2D eigenvalue weighted by molar-refractivity contribution is -0.137. The van der Waals surface area contributed by atoms with Crippen molar-refractivity contribution >= 4 is 23.4 Å². The van der Waals surface area contributed by atoms with Crippen LogP contribution in [0.5, 0.6) is 5.75 Å². The second-order valence-corrected chi connectivity index (χ2v) is 8.02. The van der Waals surface area contributed by atoms with Gasteiger partial charge < -0.3 is 25.0 Å². The number of hydrogen-bond donors (Lipinski definition) is 2. The summed E-state index contributed by atoms with van der Waals surface area (Å²) in [7, 11) is 0. The van der Waals surface area contributed by atoms with Crippen molar-refractivity contribution in [2.45, 2.75) is 32.2 Å². The first-order valence-electron chi connectivity index (χ1n) is 9.96. The van der Waals surface area contributed by atoms with Crippen molar-refractivity contribution in [3.8, 4) is 5.75 Å². The molecule has 1 aromatic heterocycles. The van der Waals surface area contributed by atoms with Gasteiger partial charge in [0.1, 0.15) is 11.6 Å². The van der Waals surface area contributed by atoms with Gasteiger partial charge in [0, 0.05) is 18.7 Å². The quantitative estimate of drug-likeness (QED) is 0.662. The lowest BCUT2D eigenvalue weighted by atomic mass is 10.0.